The van der Waals surface area contributed by atoms with E-state index in [4.69, 9.17) is 0 Å². The second-order valence-electron chi connectivity index (χ2n) is 6.65. The fourth-order valence-corrected chi connectivity index (χ4v) is 3.82. The number of carbonyl (C=O) groups excluding carboxylic acids is 1. The molecule has 102 valence electrons. The minimum absolute atomic E-state index is 0.139. The van der Waals surface area contributed by atoms with Crippen molar-refractivity contribution in [3.05, 3.63) is 11.6 Å². The molecule has 1 fully saturated rings. The first-order valence-corrected chi connectivity index (χ1v) is 6.87. The number of rotatable bonds is 1. The lowest BCUT2D eigenvalue weighted by Gasteiger charge is -2.54. The highest BCUT2D eigenvalue weighted by molar-refractivity contribution is 5.87. The van der Waals surface area contributed by atoms with Crippen molar-refractivity contribution in [3.8, 4) is 0 Å². The van der Waals surface area contributed by atoms with Gasteiger partial charge in [-0.3, -0.25) is 4.79 Å². The average molecular weight is 252 g/mol. The second kappa shape index (κ2) is 4.78. The van der Waals surface area contributed by atoms with Crippen LogP contribution in [0.2, 0.25) is 0 Å². The number of fused-ring (bicyclic) bond motifs is 1. The first kappa shape index (κ1) is 13.8. The standard InChI is InChI=1S/C15H24O3/c1-9-4-5-12-10(7-15(12,2)3)11(8-16)14(18)13(17)6-9/h6,10-13,16-17H,4-5,7-8H2,1-3H3/b9-6-/t10-,11-,12-,13-/m0/s1. The van der Waals surface area contributed by atoms with Crippen molar-refractivity contribution >= 4 is 5.78 Å². The summed E-state index contributed by atoms with van der Waals surface area (Å²) in [6.07, 6.45) is 3.58. The van der Waals surface area contributed by atoms with E-state index in [1.165, 1.54) is 0 Å². The maximum atomic E-state index is 12.2. The van der Waals surface area contributed by atoms with Crippen molar-refractivity contribution in [3.63, 3.8) is 0 Å². The summed E-state index contributed by atoms with van der Waals surface area (Å²) in [5.41, 5.74) is 1.34. The van der Waals surface area contributed by atoms with Crippen LogP contribution in [-0.4, -0.2) is 28.7 Å². The van der Waals surface area contributed by atoms with Crippen LogP contribution in [0.25, 0.3) is 0 Å². The van der Waals surface area contributed by atoms with Crippen molar-refractivity contribution in [2.45, 2.75) is 46.1 Å². The highest BCUT2D eigenvalue weighted by Crippen LogP contribution is 2.56. The van der Waals surface area contributed by atoms with Crippen LogP contribution >= 0.6 is 0 Å². The Hall–Kier alpha value is -0.670. The third-order valence-corrected chi connectivity index (χ3v) is 4.94. The van der Waals surface area contributed by atoms with E-state index in [0.717, 1.165) is 24.8 Å². The van der Waals surface area contributed by atoms with E-state index in [2.05, 4.69) is 13.8 Å². The lowest BCUT2D eigenvalue weighted by molar-refractivity contribution is -0.141. The van der Waals surface area contributed by atoms with Crippen LogP contribution in [0.3, 0.4) is 0 Å². The summed E-state index contributed by atoms with van der Waals surface area (Å²) in [4.78, 5) is 12.2. The quantitative estimate of drug-likeness (QED) is 0.701. The lowest BCUT2D eigenvalue weighted by atomic mass is 9.50. The van der Waals surface area contributed by atoms with Gasteiger partial charge in [-0.25, -0.2) is 0 Å². The summed E-state index contributed by atoms with van der Waals surface area (Å²) in [7, 11) is 0. The van der Waals surface area contributed by atoms with Gasteiger partial charge >= 0.3 is 0 Å². The largest absolute Gasteiger partial charge is 0.396 e. The molecule has 18 heavy (non-hydrogen) atoms. The Labute approximate surface area is 109 Å². The van der Waals surface area contributed by atoms with E-state index < -0.39 is 6.10 Å². The number of aliphatic hydroxyl groups excluding tert-OH is 2. The van der Waals surface area contributed by atoms with E-state index in [1.54, 1.807) is 6.08 Å². The van der Waals surface area contributed by atoms with Crippen LogP contribution in [-0.2, 0) is 4.79 Å². The fourth-order valence-electron chi connectivity index (χ4n) is 3.82. The number of hydrogen-bond acceptors (Lipinski definition) is 3. The third-order valence-electron chi connectivity index (χ3n) is 4.94. The Kier molecular flexibility index (Phi) is 3.65. The van der Waals surface area contributed by atoms with Crippen LogP contribution < -0.4 is 0 Å². The van der Waals surface area contributed by atoms with Gasteiger partial charge in [0.15, 0.2) is 5.78 Å². The van der Waals surface area contributed by atoms with E-state index in [0.29, 0.717) is 5.92 Å². The number of carbonyl (C=O) groups is 1. The van der Waals surface area contributed by atoms with Gasteiger partial charge in [-0.15, -0.1) is 0 Å². The molecule has 0 aromatic carbocycles. The molecule has 3 heteroatoms. The van der Waals surface area contributed by atoms with Gasteiger partial charge < -0.3 is 10.2 Å². The summed E-state index contributed by atoms with van der Waals surface area (Å²) in [5, 5.41) is 19.4. The molecule has 2 rings (SSSR count). The maximum Gasteiger partial charge on any atom is 0.170 e. The molecular weight excluding hydrogens is 228 g/mol. The van der Waals surface area contributed by atoms with Gasteiger partial charge in [0.25, 0.3) is 0 Å². The Morgan fingerprint density at radius 1 is 1.44 bits per heavy atom. The summed E-state index contributed by atoms with van der Waals surface area (Å²) < 4.78 is 0. The molecule has 2 aliphatic carbocycles. The molecule has 0 radical (unpaired) electrons. The molecule has 0 spiro atoms. The average Bonchev–Trinajstić information content (AvgIpc) is 2.30. The lowest BCUT2D eigenvalue weighted by Crippen LogP contribution is -2.51. The Morgan fingerprint density at radius 3 is 2.67 bits per heavy atom. The maximum absolute atomic E-state index is 12.2. The molecule has 2 N–H and O–H groups in total. The molecule has 0 unspecified atom stereocenters. The first-order valence-electron chi connectivity index (χ1n) is 6.87. The Bertz CT molecular complexity index is 370. The molecule has 2 aliphatic rings. The van der Waals surface area contributed by atoms with Crippen molar-refractivity contribution < 1.29 is 15.0 Å². The molecule has 0 saturated heterocycles. The van der Waals surface area contributed by atoms with Crippen molar-refractivity contribution in [1.82, 2.24) is 0 Å². The normalized spacial score (nSPS) is 42.7. The van der Waals surface area contributed by atoms with Gasteiger partial charge in [-0.05, 0) is 49.5 Å². The molecule has 1 saturated carbocycles. The van der Waals surface area contributed by atoms with Gasteiger partial charge in [-0.2, -0.15) is 0 Å². The van der Waals surface area contributed by atoms with Crippen molar-refractivity contribution in [2.75, 3.05) is 6.61 Å². The van der Waals surface area contributed by atoms with Crippen LogP contribution in [0, 0.1) is 23.2 Å². The molecule has 0 aliphatic heterocycles. The molecule has 3 nitrogen and oxygen atoms in total. The highest BCUT2D eigenvalue weighted by atomic mass is 16.3. The second-order valence-corrected chi connectivity index (χ2v) is 6.65. The van der Waals surface area contributed by atoms with Crippen LogP contribution in [0.4, 0.5) is 0 Å². The Balaban J connectivity index is 2.27. The molecular formula is C15H24O3. The van der Waals surface area contributed by atoms with E-state index in [-0.39, 0.29) is 29.6 Å². The predicted octanol–water partition coefficient (Wildman–Crippen LogP) is 1.93. The van der Waals surface area contributed by atoms with Gasteiger partial charge in [0, 0.05) is 5.92 Å². The van der Waals surface area contributed by atoms with Gasteiger partial charge in [-0.1, -0.05) is 19.4 Å². The van der Waals surface area contributed by atoms with Crippen LogP contribution in [0.5, 0.6) is 0 Å². The highest BCUT2D eigenvalue weighted by Gasteiger charge is 2.51. The number of Topliss-reactive ketones (excluding diaryl/α,β-unsaturated/α-hetero) is 1. The zero-order chi connectivity index (χ0) is 13.5. The molecule has 0 aromatic heterocycles. The smallest absolute Gasteiger partial charge is 0.170 e. The Morgan fingerprint density at radius 2 is 2.11 bits per heavy atom. The van der Waals surface area contributed by atoms with E-state index >= 15 is 0 Å². The van der Waals surface area contributed by atoms with Gasteiger partial charge in [0.2, 0.25) is 0 Å². The third kappa shape index (κ3) is 2.26. The first-order chi connectivity index (χ1) is 8.36. The topological polar surface area (TPSA) is 57.5 Å². The number of aliphatic hydroxyl groups is 2. The molecule has 0 amide bonds. The van der Waals surface area contributed by atoms with Crippen LogP contribution in [0.15, 0.2) is 11.6 Å². The molecule has 0 bridgehead atoms. The summed E-state index contributed by atoms with van der Waals surface area (Å²) in [6.45, 7) is 6.30. The predicted molar refractivity (Wildman–Crippen MR) is 70.0 cm³/mol. The van der Waals surface area contributed by atoms with E-state index in [1.807, 2.05) is 6.92 Å². The number of allylic oxidation sites excluding steroid dienone is 1. The molecule has 4 atom stereocenters. The van der Waals surface area contributed by atoms with Crippen LogP contribution in [0.1, 0.15) is 40.0 Å². The number of hydrogen-bond donors (Lipinski definition) is 2. The molecule has 0 heterocycles. The minimum Gasteiger partial charge on any atom is -0.396 e. The molecule has 0 aromatic rings. The summed E-state index contributed by atoms with van der Waals surface area (Å²) >= 11 is 0. The zero-order valence-electron chi connectivity index (χ0n) is 11.5. The van der Waals surface area contributed by atoms with E-state index in [9.17, 15) is 15.0 Å². The van der Waals surface area contributed by atoms with Crippen molar-refractivity contribution in [1.29, 1.82) is 0 Å². The summed E-state index contributed by atoms with van der Waals surface area (Å²) in [5.74, 6) is 0.128. The fraction of sp³-hybridized carbons (Fsp3) is 0.800. The van der Waals surface area contributed by atoms with Gasteiger partial charge in [0.1, 0.15) is 6.10 Å². The van der Waals surface area contributed by atoms with Gasteiger partial charge in [0.05, 0.1) is 6.61 Å². The monoisotopic (exact) mass is 252 g/mol. The minimum atomic E-state index is -1.04. The van der Waals surface area contributed by atoms with Crippen molar-refractivity contribution in [2.24, 2.45) is 23.2 Å². The zero-order valence-corrected chi connectivity index (χ0v) is 11.5. The summed E-state index contributed by atoms with van der Waals surface area (Å²) in [6, 6.07) is 0. The SMILES string of the molecule is C/C1=C/[C@H](O)C(=O)[C@@H](CO)[C@@H]2CC(C)(C)[C@H]2CC1. The number of ketones is 1.